The second-order valence-electron chi connectivity index (χ2n) is 10.3. The summed E-state index contributed by atoms with van der Waals surface area (Å²) in [5.41, 5.74) is 3.77. The van der Waals surface area contributed by atoms with Gasteiger partial charge in [-0.05, 0) is 67.4 Å². The molecule has 0 saturated heterocycles. The third-order valence-electron chi connectivity index (χ3n) is 7.33. The van der Waals surface area contributed by atoms with Crippen LogP contribution in [0.25, 0.3) is 27.8 Å². The number of Topliss-reactive ketones (excluding diaryl/α,β-unsaturated/α-hetero) is 1. The number of carbonyl (C=O) groups excluding carboxylic acids is 1. The van der Waals surface area contributed by atoms with Crippen LogP contribution in [-0.2, 0) is 6.61 Å². The molecule has 196 valence electrons. The van der Waals surface area contributed by atoms with Gasteiger partial charge in [-0.3, -0.25) is 9.78 Å². The molecule has 1 aliphatic rings. The SMILES string of the molecule is CC1(C(=O)c2ccc(Oc3ccc4c(OCc5nnc6ccc(-c7ccccc7)nn56)ccnc4c3)cc2)CC1. The fourth-order valence-electron chi connectivity index (χ4n) is 4.69. The largest absolute Gasteiger partial charge is 0.485 e. The number of ketones is 1. The summed E-state index contributed by atoms with van der Waals surface area (Å²) in [4.78, 5) is 17.1. The normalized spacial score (nSPS) is 13.8. The predicted molar refractivity (Wildman–Crippen MR) is 150 cm³/mol. The van der Waals surface area contributed by atoms with Gasteiger partial charge < -0.3 is 9.47 Å². The lowest BCUT2D eigenvalue weighted by atomic mass is 9.97. The zero-order valence-corrected chi connectivity index (χ0v) is 21.8. The van der Waals surface area contributed by atoms with Gasteiger partial charge in [0.1, 0.15) is 23.9 Å². The first kappa shape index (κ1) is 24.0. The topological polar surface area (TPSA) is 91.5 Å². The van der Waals surface area contributed by atoms with E-state index in [4.69, 9.17) is 14.6 Å². The first-order chi connectivity index (χ1) is 19.6. The quantitative estimate of drug-likeness (QED) is 0.204. The predicted octanol–water partition coefficient (Wildman–Crippen LogP) is 6.69. The highest BCUT2D eigenvalue weighted by atomic mass is 16.5. The molecule has 40 heavy (non-hydrogen) atoms. The van der Waals surface area contributed by atoms with E-state index in [1.807, 2.05) is 97.9 Å². The van der Waals surface area contributed by atoms with Crippen LogP contribution in [0, 0.1) is 5.41 Å². The van der Waals surface area contributed by atoms with E-state index in [-0.39, 0.29) is 17.8 Å². The number of aromatic nitrogens is 5. The Bertz CT molecular complexity index is 1860. The second-order valence-corrected chi connectivity index (χ2v) is 10.3. The van der Waals surface area contributed by atoms with Crippen molar-refractivity contribution in [1.82, 2.24) is 24.8 Å². The molecule has 0 unspecified atom stereocenters. The molecule has 0 N–H and O–H groups in total. The summed E-state index contributed by atoms with van der Waals surface area (Å²) in [5, 5.41) is 14.1. The number of pyridine rings is 1. The lowest BCUT2D eigenvalue weighted by molar-refractivity contribution is 0.0912. The Kier molecular flexibility index (Phi) is 5.73. The van der Waals surface area contributed by atoms with Crippen molar-refractivity contribution in [2.24, 2.45) is 5.41 Å². The van der Waals surface area contributed by atoms with Crippen LogP contribution in [0.15, 0.2) is 97.2 Å². The fourth-order valence-corrected chi connectivity index (χ4v) is 4.69. The van der Waals surface area contributed by atoms with Crippen LogP contribution in [0.2, 0.25) is 0 Å². The smallest absolute Gasteiger partial charge is 0.192 e. The third kappa shape index (κ3) is 4.53. The number of hydrogen-bond acceptors (Lipinski definition) is 7. The number of hydrogen-bond donors (Lipinski definition) is 0. The summed E-state index contributed by atoms with van der Waals surface area (Å²) in [7, 11) is 0. The van der Waals surface area contributed by atoms with Gasteiger partial charge in [0.2, 0.25) is 0 Å². The van der Waals surface area contributed by atoms with E-state index in [0.29, 0.717) is 28.7 Å². The molecule has 3 aromatic heterocycles. The molecule has 8 nitrogen and oxygen atoms in total. The molecular weight excluding hydrogens is 502 g/mol. The maximum absolute atomic E-state index is 12.6. The monoisotopic (exact) mass is 527 g/mol. The number of benzene rings is 3. The van der Waals surface area contributed by atoms with E-state index in [1.165, 1.54) is 0 Å². The van der Waals surface area contributed by atoms with Crippen LogP contribution in [0.4, 0.5) is 0 Å². The summed E-state index contributed by atoms with van der Waals surface area (Å²) in [6.45, 7) is 2.21. The first-order valence-electron chi connectivity index (χ1n) is 13.2. The van der Waals surface area contributed by atoms with Crippen LogP contribution in [0.5, 0.6) is 17.2 Å². The van der Waals surface area contributed by atoms with Crippen molar-refractivity contribution in [2.75, 3.05) is 0 Å². The summed E-state index contributed by atoms with van der Waals surface area (Å²) in [6.07, 6.45) is 3.62. The van der Waals surface area contributed by atoms with Crippen LogP contribution in [0.3, 0.4) is 0 Å². The number of fused-ring (bicyclic) bond motifs is 2. The Labute approximate surface area is 230 Å². The van der Waals surface area contributed by atoms with E-state index in [9.17, 15) is 4.79 Å². The lowest BCUT2D eigenvalue weighted by Gasteiger charge is -2.11. The van der Waals surface area contributed by atoms with Crippen molar-refractivity contribution >= 4 is 22.3 Å². The molecule has 6 aromatic rings. The number of ether oxygens (including phenoxy) is 2. The van der Waals surface area contributed by atoms with E-state index >= 15 is 0 Å². The highest BCUT2D eigenvalue weighted by molar-refractivity contribution is 6.02. The number of rotatable bonds is 8. The van der Waals surface area contributed by atoms with Crippen molar-refractivity contribution in [3.05, 3.63) is 109 Å². The van der Waals surface area contributed by atoms with Gasteiger partial charge in [0.25, 0.3) is 0 Å². The van der Waals surface area contributed by atoms with Gasteiger partial charge in [-0.2, -0.15) is 9.61 Å². The van der Waals surface area contributed by atoms with Gasteiger partial charge in [0.05, 0.1) is 11.2 Å². The van der Waals surface area contributed by atoms with Crippen molar-refractivity contribution in [3.63, 3.8) is 0 Å². The van der Waals surface area contributed by atoms with Crippen molar-refractivity contribution in [3.8, 4) is 28.5 Å². The average Bonchev–Trinajstić information content (AvgIpc) is 3.63. The summed E-state index contributed by atoms with van der Waals surface area (Å²) >= 11 is 0. The first-order valence-corrected chi connectivity index (χ1v) is 13.2. The van der Waals surface area contributed by atoms with Gasteiger partial charge in [0.15, 0.2) is 17.3 Å². The van der Waals surface area contributed by atoms with Crippen molar-refractivity contribution < 1.29 is 14.3 Å². The molecule has 1 aliphatic carbocycles. The van der Waals surface area contributed by atoms with E-state index < -0.39 is 0 Å². The van der Waals surface area contributed by atoms with Gasteiger partial charge in [-0.25, -0.2) is 0 Å². The Morgan fingerprint density at radius 3 is 2.50 bits per heavy atom. The maximum Gasteiger partial charge on any atom is 0.192 e. The van der Waals surface area contributed by atoms with Crippen LogP contribution >= 0.6 is 0 Å². The molecule has 0 bridgehead atoms. The van der Waals surface area contributed by atoms with E-state index in [2.05, 4.69) is 15.2 Å². The minimum Gasteiger partial charge on any atom is -0.485 e. The molecule has 3 heterocycles. The van der Waals surface area contributed by atoms with Gasteiger partial charge >= 0.3 is 0 Å². The molecule has 0 aliphatic heterocycles. The molecule has 7 rings (SSSR count). The number of carbonyl (C=O) groups is 1. The zero-order chi connectivity index (χ0) is 27.1. The molecular formula is C32H25N5O3. The third-order valence-corrected chi connectivity index (χ3v) is 7.33. The fraction of sp³-hybridized carbons (Fsp3) is 0.156. The van der Waals surface area contributed by atoms with Crippen LogP contribution < -0.4 is 9.47 Å². The lowest BCUT2D eigenvalue weighted by Crippen LogP contribution is -2.11. The highest BCUT2D eigenvalue weighted by Gasteiger charge is 2.44. The van der Waals surface area contributed by atoms with Crippen LogP contribution in [0.1, 0.15) is 35.9 Å². The maximum atomic E-state index is 12.6. The summed E-state index contributed by atoms with van der Waals surface area (Å²) < 4.78 is 13.9. The Balaban J connectivity index is 1.08. The minimum absolute atomic E-state index is 0.186. The molecule has 1 fully saturated rings. The van der Waals surface area contributed by atoms with Gasteiger partial charge in [0, 0.05) is 34.2 Å². The molecule has 0 amide bonds. The van der Waals surface area contributed by atoms with Crippen molar-refractivity contribution in [1.29, 1.82) is 0 Å². The van der Waals surface area contributed by atoms with Crippen molar-refractivity contribution in [2.45, 2.75) is 26.4 Å². The van der Waals surface area contributed by atoms with Crippen LogP contribution in [-0.4, -0.2) is 30.6 Å². The Morgan fingerprint density at radius 1 is 0.900 bits per heavy atom. The number of nitrogens with zero attached hydrogens (tertiary/aromatic N) is 5. The summed E-state index contributed by atoms with van der Waals surface area (Å²) in [6, 6.07) is 28.6. The van der Waals surface area contributed by atoms with E-state index in [1.54, 1.807) is 10.7 Å². The molecule has 3 aromatic carbocycles. The standard InChI is InChI=1S/C32H25N5O3/c1-32(16-17-32)31(38)22-7-9-23(10-8-22)40-24-11-12-25-27(19-24)33-18-15-28(25)39-20-30-35-34-29-14-13-26(36-37(29)30)21-5-3-2-4-6-21/h2-15,18-19H,16-17,20H2,1H3. The molecule has 1 saturated carbocycles. The summed E-state index contributed by atoms with van der Waals surface area (Å²) in [5.74, 6) is 2.77. The Hall–Kier alpha value is -5.11. The molecule has 0 radical (unpaired) electrons. The Morgan fingerprint density at radius 2 is 1.70 bits per heavy atom. The van der Waals surface area contributed by atoms with Gasteiger partial charge in [-0.15, -0.1) is 10.2 Å². The molecule has 0 atom stereocenters. The minimum atomic E-state index is -0.186. The zero-order valence-electron chi connectivity index (χ0n) is 21.8. The second kappa shape index (κ2) is 9.57. The van der Waals surface area contributed by atoms with E-state index in [0.717, 1.165) is 40.6 Å². The average molecular weight is 528 g/mol. The molecule has 8 heteroatoms. The highest BCUT2D eigenvalue weighted by Crippen LogP contribution is 2.47. The molecule has 0 spiro atoms. The van der Waals surface area contributed by atoms with Gasteiger partial charge in [-0.1, -0.05) is 37.3 Å².